The van der Waals surface area contributed by atoms with Crippen LogP contribution < -0.4 is 5.32 Å². The molecule has 1 aromatic carbocycles. The molecule has 1 saturated carbocycles. The molecule has 104 valence electrons. The predicted molar refractivity (Wildman–Crippen MR) is 76.3 cm³/mol. The van der Waals surface area contributed by atoms with E-state index in [2.05, 4.69) is 33.0 Å². The van der Waals surface area contributed by atoms with Crippen molar-refractivity contribution in [1.29, 1.82) is 0 Å². The van der Waals surface area contributed by atoms with Crippen molar-refractivity contribution in [1.82, 2.24) is 5.32 Å². The van der Waals surface area contributed by atoms with Gasteiger partial charge < -0.3 is 5.32 Å². The van der Waals surface area contributed by atoms with E-state index in [0.717, 1.165) is 0 Å². The van der Waals surface area contributed by atoms with E-state index in [1.165, 1.54) is 6.07 Å². The van der Waals surface area contributed by atoms with Crippen molar-refractivity contribution in [2.75, 3.05) is 0 Å². The lowest BCUT2D eigenvalue weighted by molar-refractivity contribution is -0.385. The summed E-state index contributed by atoms with van der Waals surface area (Å²) in [6.45, 7) is 9.33. The van der Waals surface area contributed by atoms with Crippen LogP contribution in [0.2, 0.25) is 5.02 Å². The number of hydrogen-bond acceptors (Lipinski definition) is 3. The van der Waals surface area contributed by atoms with Gasteiger partial charge >= 0.3 is 0 Å². The summed E-state index contributed by atoms with van der Waals surface area (Å²) < 4.78 is 0. The van der Waals surface area contributed by atoms with Crippen molar-refractivity contribution in [3.8, 4) is 0 Å². The van der Waals surface area contributed by atoms with Gasteiger partial charge in [-0.15, -0.1) is 0 Å². The molecule has 1 N–H and O–H groups in total. The molecule has 0 bridgehead atoms. The lowest BCUT2D eigenvalue weighted by Crippen LogP contribution is -2.22. The van der Waals surface area contributed by atoms with Gasteiger partial charge in [-0.3, -0.25) is 10.1 Å². The van der Waals surface area contributed by atoms with Gasteiger partial charge in [0.15, 0.2) is 0 Å². The Morgan fingerprint density at radius 3 is 2.37 bits per heavy atom. The predicted octanol–water partition coefficient (Wildman–Crippen LogP) is 3.77. The molecule has 19 heavy (non-hydrogen) atoms. The van der Waals surface area contributed by atoms with Gasteiger partial charge in [-0.05, 0) is 23.0 Å². The third kappa shape index (κ3) is 2.35. The number of hydrogen-bond donors (Lipinski definition) is 1. The van der Waals surface area contributed by atoms with Gasteiger partial charge in [0.2, 0.25) is 0 Å². The highest BCUT2D eigenvalue weighted by atomic mass is 35.5. The molecule has 1 aliphatic carbocycles. The molecule has 1 fully saturated rings. The van der Waals surface area contributed by atoms with E-state index in [4.69, 9.17) is 11.6 Å². The van der Waals surface area contributed by atoms with Crippen LogP contribution in [0.15, 0.2) is 18.2 Å². The third-order valence-electron chi connectivity index (χ3n) is 4.76. The van der Waals surface area contributed by atoms with Gasteiger partial charge in [0.1, 0.15) is 0 Å². The molecule has 0 aliphatic heterocycles. The van der Waals surface area contributed by atoms with E-state index in [1.54, 1.807) is 12.1 Å². The molecule has 0 saturated heterocycles. The van der Waals surface area contributed by atoms with Crippen LogP contribution in [0.1, 0.15) is 33.3 Å². The maximum Gasteiger partial charge on any atom is 0.275 e. The van der Waals surface area contributed by atoms with E-state index >= 15 is 0 Å². The van der Waals surface area contributed by atoms with Crippen LogP contribution in [0.25, 0.3) is 0 Å². The topological polar surface area (TPSA) is 55.2 Å². The third-order valence-corrected chi connectivity index (χ3v) is 5.00. The number of nitro groups is 1. The number of halogens is 1. The number of rotatable bonds is 4. The smallest absolute Gasteiger partial charge is 0.275 e. The molecule has 0 atom stereocenters. The normalized spacial score (nSPS) is 20.3. The highest BCUT2D eigenvalue weighted by molar-refractivity contribution is 6.30. The first-order valence-electron chi connectivity index (χ1n) is 6.34. The lowest BCUT2D eigenvalue weighted by atomic mass is 10.0. The Hall–Kier alpha value is -1.13. The van der Waals surface area contributed by atoms with Gasteiger partial charge in [0.25, 0.3) is 5.69 Å². The molecule has 0 spiro atoms. The molecule has 1 aromatic rings. The molecular weight excluding hydrogens is 264 g/mol. The van der Waals surface area contributed by atoms with Gasteiger partial charge in [0, 0.05) is 29.2 Å². The minimum atomic E-state index is -0.383. The molecule has 0 amide bonds. The fraction of sp³-hybridized carbons (Fsp3) is 0.571. The van der Waals surface area contributed by atoms with Crippen molar-refractivity contribution in [3.05, 3.63) is 38.9 Å². The van der Waals surface area contributed by atoms with E-state index in [0.29, 0.717) is 23.2 Å². The fourth-order valence-electron chi connectivity index (χ4n) is 2.78. The van der Waals surface area contributed by atoms with Crippen LogP contribution in [-0.2, 0) is 6.54 Å². The van der Waals surface area contributed by atoms with Crippen LogP contribution in [0.3, 0.4) is 0 Å². The lowest BCUT2D eigenvalue weighted by Gasteiger charge is -2.07. The summed E-state index contributed by atoms with van der Waals surface area (Å²) in [5.74, 6) is 0. The second-order valence-electron chi connectivity index (χ2n) is 6.29. The molecule has 4 nitrogen and oxygen atoms in total. The SMILES string of the molecule is CC1(C)C(NCc2ccc(Cl)cc2[N+](=O)[O-])C1(C)C. The van der Waals surface area contributed by atoms with Gasteiger partial charge in [-0.2, -0.15) is 0 Å². The summed E-state index contributed by atoms with van der Waals surface area (Å²) in [5, 5.41) is 14.8. The van der Waals surface area contributed by atoms with Crippen LogP contribution in [0, 0.1) is 20.9 Å². The summed E-state index contributed by atoms with van der Waals surface area (Å²) in [4.78, 5) is 10.6. The monoisotopic (exact) mass is 282 g/mol. The van der Waals surface area contributed by atoms with Gasteiger partial charge in [0.05, 0.1) is 4.92 Å². The highest BCUT2D eigenvalue weighted by Gasteiger charge is 2.64. The molecule has 0 radical (unpaired) electrons. The van der Waals surface area contributed by atoms with Gasteiger partial charge in [-0.25, -0.2) is 0 Å². The molecule has 0 unspecified atom stereocenters. The van der Waals surface area contributed by atoms with Gasteiger partial charge in [-0.1, -0.05) is 39.3 Å². The maximum absolute atomic E-state index is 11.0. The molecule has 0 aromatic heterocycles. The first kappa shape index (κ1) is 14.3. The molecule has 2 rings (SSSR count). The summed E-state index contributed by atoms with van der Waals surface area (Å²) >= 11 is 5.80. The van der Waals surface area contributed by atoms with Crippen molar-refractivity contribution in [3.63, 3.8) is 0 Å². The quantitative estimate of drug-likeness (QED) is 0.675. The Morgan fingerprint density at radius 2 is 1.89 bits per heavy atom. The van der Waals surface area contributed by atoms with Crippen molar-refractivity contribution < 1.29 is 4.92 Å². The average Bonchev–Trinajstić information content (AvgIpc) is 2.68. The largest absolute Gasteiger partial charge is 0.309 e. The Balaban J connectivity index is 2.11. The number of nitrogens with zero attached hydrogens (tertiary/aromatic N) is 1. The van der Waals surface area contributed by atoms with E-state index in [-0.39, 0.29) is 21.4 Å². The van der Waals surface area contributed by atoms with Crippen LogP contribution in [0.4, 0.5) is 5.69 Å². The summed E-state index contributed by atoms with van der Waals surface area (Å²) in [7, 11) is 0. The van der Waals surface area contributed by atoms with Crippen LogP contribution >= 0.6 is 11.6 Å². The van der Waals surface area contributed by atoms with Crippen LogP contribution in [-0.4, -0.2) is 11.0 Å². The first-order chi connectivity index (χ1) is 8.68. The molecule has 0 heterocycles. The zero-order valence-corrected chi connectivity index (χ0v) is 12.4. The van der Waals surface area contributed by atoms with Crippen molar-refractivity contribution >= 4 is 17.3 Å². The van der Waals surface area contributed by atoms with Crippen LogP contribution in [0.5, 0.6) is 0 Å². The Labute approximate surface area is 118 Å². The standard InChI is InChI=1S/C14H19ClN2O2/c1-13(2)12(14(13,3)4)16-8-9-5-6-10(15)7-11(9)17(18)19/h5-7,12,16H,8H2,1-4H3. The molecular formula is C14H19ClN2O2. The molecule has 5 heteroatoms. The zero-order valence-electron chi connectivity index (χ0n) is 11.7. The number of nitrogens with one attached hydrogen (secondary N) is 1. The fourth-order valence-corrected chi connectivity index (χ4v) is 2.94. The summed E-state index contributed by atoms with van der Waals surface area (Å²) in [6.07, 6.45) is 0. The highest BCUT2D eigenvalue weighted by Crippen LogP contribution is 2.62. The second kappa shape index (κ2) is 4.46. The summed E-state index contributed by atoms with van der Waals surface area (Å²) in [6, 6.07) is 5.18. The van der Waals surface area contributed by atoms with Crippen molar-refractivity contribution in [2.45, 2.75) is 40.3 Å². The molecule has 1 aliphatic rings. The van der Waals surface area contributed by atoms with E-state index in [1.807, 2.05) is 0 Å². The number of nitro benzene ring substituents is 1. The summed E-state index contributed by atoms with van der Waals surface area (Å²) in [5.41, 5.74) is 1.19. The first-order valence-corrected chi connectivity index (χ1v) is 6.72. The zero-order chi connectivity index (χ0) is 14.4. The van der Waals surface area contributed by atoms with E-state index in [9.17, 15) is 10.1 Å². The maximum atomic E-state index is 11.0. The average molecular weight is 283 g/mol. The van der Waals surface area contributed by atoms with Crippen molar-refractivity contribution in [2.24, 2.45) is 10.8 Å². The minimum absolute atomic E-state index is 0.0799. The minimum Gasteiger partial charge on any atom is -0.309 e. The Kier molecular flexibility index (Phi) is 3.35. The van der Waals surface area contributed by atoms with E-state index < -0.39 is 0 Å². The Bertz CT molecular complexity index is 512. The Morgan fingerprint density at radius 1 is 1.32 bits per heavy atom. The second-order valence-corrected chi connectivity index (χ2v) is 6.72. The number of benzene rings is 1.